The molecule has 0 aliphatic carbocycles. The van der Waals surface area contributed by atoms with E-state index in [9.17, 15) is 9.59 Å². The number of hydrogen-bond donors (Lipinski definition) is 1. The van der Waals surface area contributed by atoms with Crippen molar-refractivity contribution in [3.8, 4) is 11.6 Å². The van der Waals surface area contributed by atoms with Crippen LogP contribution in [0.2, 0.25) is 0 Å². The molecule has 0 saturated heterocycles. The average Bonchev–Trinajstić information content (AvgIpc) is 3.38. The zero-order valence-electron chi connectivity index (χ0n) is 18.3. The summed E-state index contributed by atoms with van der Waals surface area (Å²) in [5.41, 5.74) is 1.73. The number of carbonyl (C=O) groups is 2. The Bertz CT molecular complexity index is 1010. The van der Waals surface area contributed by atoms with E-state index in [0.717, 1.165) is 18.5 Å². The molecule has 164 valence electrons. The number of Topliss-reactive ketones (excluding diaryl/α,β-unsaturated/α-hetero) is 1. The van der Waals surface area contributed by atoms with E-state index in [4.69, 9.17) is 4.42 Å². The van der Waals surface area contributed by atoms with Gasteiger partial charge in [0, 0.05) is 25.6 Å². The Morgan fingerprint density at radius 2 is 1.87 bits per heavy atom. The van der Waals surface area contributed by atoms with Crippen molar-refractivity contribution in [2.75, 3.05) is 6.54 Å². The summed E-state index contributed by atoms with van der Waals surface area (Å²) in [4.78, 5) is 24.0. The first-order valence-electron chi connectivity index (χ1n) is 10.4. The second-order valence-electron chi connectivity index (χ2n) is 7.84. The standard InChI is InChI=1S/C23H28N4O3S/c1-15(2)14-27-22(20-6-5-13-30-20)25-26-23(27)31-16(3)21(29)19-9-7-18(8-10-19)11-12-24-17(4)28/h5-10,13,15-16H,11-12,14H2,1-4H3,(H,24,28). The summed E-state index contributed by atoms with van der Waals surface area (Å²) < 4.78 is 7.52. The second kappa shape index (κ2) is 10.4. The van der Waals surface area contributed by atoms with Gasteiger partial charge in [0.25, 0.3) is 0 Å². The van der Waals surface area contributed by atoms with Gasteiger partial charge in [-0.2, -0.15) is 0 Å². The first-order chi connectivity index (χ1) is 14.8. The number of ketones is 1. The summed E-state index contributed by atoms with van der Waals surface area (Å²) >= 11 is 1.41. The summed E-state index contributed by atoms with van der Waals surface area (Å²) in [6.45, 7) is 8.96. The highest BCUT2D eigenvalue weighted by Gasteiger charge is 2.23. The molecule has 2 heterocycles. The molecule has 1 atom stereocenters. The second-order valence-corrected chi connectivity index (χ2v) is 9.15. The van der Waals surface area contributed by atoms with Crippen LogP contribution < -0.4 is 5.32 Å². The monoisotopic (exact) mass is 440 g/mol. The van der Waals surface area contributed by atoms with E-state index in [1.807, 2.05) is 47.9 Å². The minimum Gasteiger partial charge on any atom is -0.461 e. The van der Waals surface area contributed by atoms with E-state index >= 15 is 0 Å². The molecular weight excluding hydrogens is 412 g/mol. The van der Waals surface area contributed by atoms with Gasteiger partial charge >= 0.3 is 0 Å². The Labute approximate surface area is 186 Å². The summed E-state index contributed by atoms with van der Waals surface area (Å²) in [5, 5.41) is 11.8. The van der Waals surface area contributed by atoms with Gasteiger partial charge in [0.1, 0.15) is 0 Å². The first-order valence-corrected chi connectivity index (χ1v) is 11.2. The van der Waals surface area contributed by atoms with Gasteiger partial charge in [-0.05, 0) is 37.0 Å². The van der Waals surface area contributed by atoms with Crippen molar-refractivity contribution < 1.29 is 14.0 Å². The van der Waals surface area contributed by atoms with Crippen LogP contribution >= 0.6 is 11.8 Å². The zero-order valence-corrected chi connectivity index (χ0v) is 19.1. The number of rotatable bonds is 10. The van der Waals surface area contributed by atoms with Crippen molar-refractivity contribution in [2.24, 2.45) is 5.92 Å². The van der Waals surface area contributed by atoms with Gasteiger partial charge < -0.3 is 9.73 Å². The Morgan fingerprint density at radius 3 is 2.48 bits per heavy atom. The molecule has 7 nitrogen and oxygen atoms in total. The fourth-order valence-electron chi connectivity index (χ4n) is 3.16. The first kappa shape index (κ1) is 22.8. The van der Waals surface area contributed by atoms with Crippen molar-refractivity contribution >= 4 is 23.5 Å². The maximum atomic E-state index is 13.0. The zero-order chi connectivity index (χ0) is 22.4. The third-order valence-electron chi connectivity index (χ3n) is 4.68. The summed E-state index contributed by atoms with van der Waals surface area (Å²) in [6, 6.07) is 11.2. The lowest BCUT2D eigenvalue weighted by molar-refractivity contribution is -0.118. The number of thioether (sulfide) groups is 1. The van der Waals surface area contributed by atoms with Crippen LogP contribution in [-0.2, 0) is 17.8 Å². The van der Waals surface area contributed by atoms with Gasteiger partial charge in [0.15, 0.2) is 22.5 Å². The van der Waals surface area contributed by atoms with Gasteiger partial charge in [-0.25, -0.2) is 0 Å². The third-order valence-corrected chi connectivity index (χ3v) is 5.76. The molecule has 0 radical (unpaired) electrons. The van der Waals surface area contributed by atoms with Gasteiger partial charge in [-0.15, -0.1) is 10.2 Å². The highest BCUT2D eigenvalue weighted by Crippen LogP contribution is 2.29. The maximum absolute atomic E-state index is 13.0. The number of aromatic nitrogens is 3. The molecule has 1 N–H and O–H groups in total. The van der Waals surface area contributed by atoms with E-state index in [-0.39, 0.29) is 16.9 Å². The van der Waals surface area contributed by atoms with Crippen LogP contribution in [-0.4, -0.2) is 38.2 Å². The molecule has 1 amide bonds. The van der Waals surface area contributed by atoms with Crippen LogP contribution in [0.15, 0.2) is 52.2 Å². The lowest BCUT2D eigenvalue weighted by Crippen LogP contribution is -2.22. The number of benzene rings is 1. The van der Waals surface area contributed by atoms with Crippen LogP contribution in [0.3, 0.4) is 0 Å². The largest absolute Gasteiger partial charge is 0.461 e. The van der Waals surface area contributed by atoms with E-state index in [1.54, 1.807) is 6.26 Å². The lowest BCUT2D eigenvalue weighted by atomic mass is 10.0. The van der Waals surface area contributed by atoms with E-state index in [0.29, 0.717) is 34.8 Å². The topological polar surface area (TPSA) is 90.0 Å². The molecule has 3 rings (SSSR count). The lowest BCUT2D eigenvalue weighted by Gasteiger charge is -2.14. The van der Waals surface area contributed by atoms with Gasteiger partial charge in [-0.3, -0.25) is 14.2 Å². The van der Waals surface area contributed by atoms with Crippen LogP contribution in [0.25, 0.3) is 11.6 Å². The summed E-state index contributed by atoms with van der Waals surface area (Å²) in [5.74, 6) is 1.72. The number of hydrogen-bond acceptors (Lipinski definition) is 6. The molecule has 2 aromatic heterocycles. The smallest absolute Gasteiger partial charge is 0.216 e. The molecule has 3 aromatic rings. The molecule has 1 aromatic carbocycles. The Morgan fingerprint density at radius 1 is 1.13 bits per heavy atom. The van der Waals surface area contributed by atoms with Crippen molar-refractivity contribution in [3.05, 3.63) is 53.8 Å². The van der Waals surface area contributed by atoms with Crippen LogP contribution in [0.4, 0.5) is 0 Å². The highest BCUT2D eigenvalue weighted by atomic mass is 32.2. The quantitative estimate of drug-likeness (QED) is 0.375. The molecule has 0 aliphatic heterocycles. The number of nitrogens with zero attached hydrogens (tertiary/aromatic N) is 3. The number of furan rings is 1. The normalized spacial score (nSPS) is 12.2. The Hall–Kier alpha value is -2.87. The van der Waals surface area contributed by atoms with Gasteiger partial charge in [0.05, 0.1) is 11.5 Å². The van der Waals surface area contributed by atoms with Gasteiger partial charge in [-0.1, -0.05) is 49.9 Å². The number of amides is 1. The molecule has 0 fully saturated rings. The van der Waals surface area contributed by atoms with Gasteiger partial charge in [0.2, 0.25) is 5.91 Å². The fraction of sp³-hybridized carbons (Fsp3) is 0.391. The highest BCUT2D eigenvalue weighted by molar-refractivity contribution is 8.00. The average molecular weight is 441 g/mol. The molecular formula is C23H28N4O3S. The summed E-state index contributed by atoms with van der Waals surface area (Å²) in [7, 11) is 0. The number of nitrogens with one attached hydrogen (secondary N) is 1. The van der Waals surface area contributed by atoms with E-state index < -0.39 is 0 Å². The van der Waals surface area contributed by atoms with Crippen LogP contribution in [0, 0.1) is 5.92 Å². The predicted molar refractivity (Wildman–Crippen MR) is 121 cm³/mol. The third kappa shape index (κ3) is 6.07. The van der Waals surface area contributed by atoms with E-state index in [1.165, 1.54) is 18.7 Å². The minimum absolute atomic E-state index is 0.0389. The van der Waals surface area contributed by atoms with Crippen LogP contribution in [0.5, 0.6) is 0 Å². The van der Waals surface area contributed by atoms with Crippen LogP contribution in [0.1, 0.15) is 43.6 Å². The van der Waals surface area contributed by atoms with Crippen molar-refractivity contribution in [2.45, 2.75) is 51.1 Å². The maximum Gasteiger partial charge on any atom is 0.216 e. The van der Waals surface area contributed by atoms with Crippen molar-refractivity contribution in [3.63, 3.8) is 0 Å². The molecule has 0 aliphatic rings. The predicted octanol–water partition coefficient (Wildman–Crippen LogP) is 4.24. The van der Waals surface area contributed by atoms with Crippen molar-refractivity contribution in [1.29, 1.82) is 0 Å². The molecule has 0 spiro atoms. The summed E-state index contributed by atoms with van der Waals surface area (Å²) in [6.07, 6.45) is 2.34. The Balaban J connectivity index is 1.70. The minimum atomic E-state index is -0.315. The number of carbonyl (C=O) groups excluding carboxylic acids is 2. The fourth-order valence-corrected chi connectivity index (χ4v) is 4.09. The Kier molecular flexibility index (Phi) is 7.68. The molecule has 31 heavy (non-hydrogen) atoms. The molecule has 8 heteroatoms. The molecule has 1 unspecified atom stereocenters. The molecule has 0 saturated carbocycles. The molecule has 0 bridgehead atoms. The van der Waals surface area contributed by atoms with Crippen molar-refractivity contribution in [1.82, 2.24) is 20.1 Å². The van der Waals surface area contributed by atoms with E-state index in [2.05, 4.69) is 29.4 Å². The SMILES string of the molecule is CC(=O)NCCc1ccc(C(=O)C(C)Sc2nnc(-c3ccco3)n2CC(C)C)cc1.